The van der Waals surface area contributed by atoms with Crippen LogP contribution in [-0.4, -0.2) is 16.2 Å². The predicted octanol–water partition coefficient (Wildman–Crippen LogP) is 1.18. The zero-order valence-corrected chi connectivity index (χ0v) is 11.3. The molecule has 102 valence electrons. The largest absolute Gasteiger partial charge is 0.495 e. The number of nitrogens with zero attached hydrogens (tertiary/aromatic N) is 3. The second-order valence-electron chi connectivity index (χ2n) is 3.88. The van der Waals surface area contributed by atoms with E-state index < -0.39 is 11.1 Å². The van der Waals surface area contributed by atoms with E-state index in [1.165, 1.54) is 30.1 Å². The first-order valence-electron chi connectivity index (χ1n) is 5.61. The maximum Gasteiger partial charge on any atom is 0.321 e. The lowest BCUT2D eigenvalue weighted by molar-refractivity contribution is 0.415. The Morgan fingerprint density at radius 2 is 2.05 bits per heavy atom. The lowest BCUT2D eigenvalue weighted by Gasteiger charge is -2.09. The molecule has 0 aliphatic carbocycles. The Balaban J connectivity index is 2.58. The number of nitriles is 1. The van der Waals surface area contributed by atoms with Crippen LogP contribution in [0.1, 0.15) is 0 Å². The lowest BCUT2D eigenvalue weighted by atomic mass is 10.3. The van der Waals surface area contributed by atoms with Gasteiger partial charge in [-0.15, -0.1) is 0 Å². The molecule has 1 aromatic carbocycles. The molecule has 0 aliphatic heterocycles. The molecule has 1 heterocycles. The van der Waals surface area contributed by atoms with E-state index in [0.29, 0.717) is 16.5 Å². The van der Waals surface area contributed by atoms with Crippen molar-refractivity contribution in [2.24, 2.45) is 0 Å². The summed E-state index contributed by atoms with van der Waals surface area (Å²) in [4.78, 5) is 23.8. The Hall–Kier alpha value is -2.52. The Kier molecular flexibility index (Phi) is 3.91. The van der Waals surface area contributed by atoms with E-state index in [-0.39, 0.29) is 6.54 Å². The van der Waals surface area contributed by atoms with E-state index in [4.69, 9.17) is 21.6 Å². The first-order chi connectivity index (χ1) is 9.58. The van der Waals surface area contributed by atoms with Crippen LogP contribution in [0, 0.1) is 11.3 Å². The van der Waals surface area contributed by atoms with Crippen LogP contribution >= 0.6 is 11.6 Å². The average Bonchev–Trinajstić information content (AvgIpc) is 2.44. The van der Waals surface area contributed by atoms with Crippen molar-refractivity contribution in [1.29, 1.82) is 5.26 Å². The van der Waals surface area contributed by atoms with Crippen molar-refractivity contribution in [1.82, 2.24) is 9.13 Å². The molecule has 0 radical (unpaired) electrons. The molecule has 0 spiro atoms. The molecular formula is C13H10ClN3O3. The summed E-state index contributed by atoms with van der Waals surface area (Å²) in [5, 5.41) is 8.90. The van der Waals surface area contributed by atoms with E-state index in [9.17, 15) is 9.59 Å². The van der Waals surface area contributed by atoms with Gasteiger partial charge in [0.15, 0.2) is 0 Å². The van der Waals surface area contributed by atoms with E-state index in [1.54, 1.807) is 12.1 Å². The monoisotopic (exact) mass is 291 g/mol. The Labute approximate surface area is 119 Å². The van der Waals surface area contributed by atoms with E-state index in [1.807, 2.05) is 6.07 Å². The Bertz CT molecular complexity index is 802. The van der Waals surface area contributed by atoms with Crippen LogP contribution in [0.4, 0.5) is 0 Å². The summed E-state index contributed by atoms with van der Waals surface area (Å²) in [6, 6.07) is 6.55. The molecule has 7 heteroatoms. The highest BCUT2D eigenvalue weighted by Gasteiger charge is 2.08. The van der Waals surface area contributed by atoms with Crippen LogP contribution in [0.2, 0.25) is 5.02 Å². The number of ether oxygens (including phenoxy) is 1. The summed E-state index contributed by atoms with van der Waals surface area (Å²) in [5.41, 5.74) is -1.06. The van der Waals surface area contributed by atoms with Crippen molar-refractivity contribution < 1.29 is 4.74 Å². The molecule has 0 fully saturated rings. The highest BCUT2D eigenvalue weighted by atomic mass is 35.5. The molecule has 2 aromatic rings. The number of aromatic nitrogens is 2. The smallest absolute Gasteiger partial charge is 0.321 e. The lowest BCUT2D eigenvalue weighted by Crippen LogP contribution is -2.39. The van der Waals surface area contributed by atoms with E-state index >= 15 is 0 Å². The molecule has 0 aliphatic rings. The van der Waals surface area contributed by atoms with Crippen molar-refractivity contribution in [3.63, 3.8) is 0 Å². The van der Waals surface area contributed by atoms with Crippen molar-refractivity contribution in [3.05, 3.63) is 56.3 Å². The number of hydrogen-bond donors (Lipinski definition) is 0. The van der Waals surface area contributed by atoms with Gasteiger partial charge in [0.05, 0.1) is 23.9 Å². The third-order valence-corrected chi connectivity index (χ3v) is 3.01. The zero-order valence-electron chi connectivity index (χ0n) is 10.5. The second kappa shape index (κ2) is 5.63. The number of benzene rings is 1. The third kappa shape index (κ3) is 2.44. The number of hydrogen-bond acceptors (Lipinski definition) is 4. The second-order valence-corrected chi connectivity index (χ2v) is 4.29. The summed E-state index contributed by atoms with van der Waals surface area (Å²) in [6.07, 6.45) is 2.80. The Morgan fingerprint density at radius 3 is 2.65 bits per heavy atom. The number of rotatable bonds is 3. The fourth-order valence-corrected chi connectivity index (χ4v) is 1.97. The van der Waals surface area contributed by atoms with Gasteiger partial charge in [-0.1, -0.05) is 11.6 Å². The van der Waals surface area contributed by atoms with Crippen LogP contribution < -0.4 is 15.9 Å². The normalized spacial score (nSPS) is 10.1. The summed E-state index contributed by atoms with van der Waals surface area (Å²) in [6.45, 7) is -0.168. The molecule has 0 unspecified atom stereocenters. The molecule has 0 saturated carbocycles. The molecule has 2 rings (SSSR count). The summed E-state index contributed by atoms with van der Waals surface area (Å²) in [7, 11) is 1.48. The van der Waals surface area contributed by atoms with Gasteiger partial charge in [-0.25, -0.2) is 0 Å². The van der Waals surface area contributed by atoms with Gasteiger partial charge in [-0.3, -0.25) is 18.7 Å². The van der Waals surface area contributed by atoms with Gasteiger partial charge in [0.25, 0.3) is 0 Å². The minimum Gasteiger partial charge on any atom is -0.495 e. The van der Waals surface area contributed by atoms with Crippen molar-refractivity contribution in [2.75, 3.05) is 7.11 Å². The van der Waals surface area contributed by atoms with E-state index in [2.05, 4.69) is 0 Å². The summed E-state index contributed by atoms with van der Waals surface area (Å²) in [5.74, 6) is 0.473. The fourth-order valence-electron chi connectivity index (χ4n) is 1.72. The maximum atomic E-state index is 12.0. The standard InChI is InChI=1S/C13H10ClN3O3/c1-20-11-3-2-9(8-10(11)14)17-7-6-16(5-4-15)12(18)13(17)19/h2-3,6-8H,5H2,1H3. The van der Waals surface area contributed by atoms with Crippen LogP contribution in [0.3, 0.4) is 0 Å². The topological polar surface area (TPSA) is 77.0 Å². The third-order valence-electron chi connectivity index (χ3n) is 2.71. The molecule has 0 N–H and O–H groups in total. The van der Waals surface area contributed by atoms with Crippen LogP contribution in [0.25, 0.3) is 5.69 Å². The molecule has 1 aromatic heterocycles. The quantitative estimate of drug-likeness (QED) is 0.796. The minimum atomic E-state index is -0.763. The van der Waals surface area contributed by atoms with Crippen LogP contribution in [-0.2, 0) is 6.54 Å². The van der Waals surface area contributed by atoms with Crippen LogP contribution in [0.5, 0.6) is 5.75 Å². The molecule has 0 atom stereocenters. The van der Waals surface area contributed by atoms with Gasteiger partial charge in [0.2, 0.25) is 0 Å². The number of halogens is 1. The molecule has 0 amide bonds. The van der Waals surface area contributed by atoms with Gasteiger partial charge in [-0.05, 0) is 18.2 Å². The van der Waals surface area contributed by atoms with Crippen LogP contribution in [0.15, 0.2) is 40.2 Å². The molecule has 0 saturated heterocycles. The molecule has 20 heavy (non-hydrogen) atoms. The van der Waals surface area contributed by atoms with E-state index in [0.717, 1.165) is 4.57 Å². The minimum absolute atomic E-state index is 0.168. The maximum absolute atomic E-state index is 12.0. The SMILES string of the molecule is COc1ccc(-n2ccn(CC#N)c(=O)c2=O)cc1Cl. The molecule has 6 nitrogen and oxygen atoms in total. The molecule has 0 bridgehead atoms. The first-order valence-corrected chi connectivity index (χ1v) is 5.99. The van der Waals surface area contributed by atoms with Gasteiger partial charge in [0, 0.05) is 12.4 Å². The molecular weight excluding hydrogens is 282 g/mol. The van der Waals surface area contributed by atoms with Crippen molar-refractivity contribution in [2.45, 2.75) is 6.54 Å². The van der Waals surface area contributed by atoms with Crippen molar-refractivity contribution >= 4 is 11.6 Å². The highest BCUT2D eigenvalue weighted by molar-refractivity contribution is 6.32. The van der Waals surface area contributed by atoms with Gasteiger partial charge < -0.3 is 4.74 Å². The highest BCUT2D eigenvalue weighted by Crippen LogP contribution is 2.25. The van der Waals surface area contributed by atoms with Gasteiger partial charge in [-0.2, -0.15) is 5.26 Å². The van der Waals surface area contributed by atoms with Gasteiger partial charge >= 0.3 is 11.1 Å². The summed E-state index contributed by atoms with van der Waals surface area (Å²) < 4.78 is 7.23. The Morgan fingerprint density at radius 1 is 1.30 bits per heavy atom. The zero-order chi connectivity index (χ0) is 14.7. The fraction of sp³-hybridized carbons (Fsp3) is 0.154. The summed E-state index contributed by atoms with van der Waals surface area (Å²) >= 11 is 5.99. The first kappa shape index (κ1) is 13.9. The number of methoxy groups -OCH3 is 1. The van der Waals surface area contributed by atoms with Crippen molar-refractivity contribution in [3.8, 4) is 17.5 Å². The van der Waals surface area contributed by atoms with Gasteiger partial charge in [0.1, 0.15) is 12.3 Å². The predicted molar refractivity (Wildman–Crippen MR) is 73.5 cm³/mol. The average molecular weight is 292 g/mol.